The second-order valence-corrected chi connectivity index (χ2v) is 5.24. The van der Waals surface area contributed by atoms with Gasteiger partial charge >= 0.3 is 0 Å². The van der Waals surface area contributed by atoms with E-state index >= 15 is 0 Å². The zero-order chi connectivity index (χ0) is 11.5. The van der Waals surface area contributed by atoms with Gasteiger partial charge < -0.3 is 4.90 Å². The second kappa shape index (κ2) is 5.00. The van der Waals surface area contributed by atoms with Gasteiger partial charge in [0.15, 0.2) is 0 Å². The summed E-state index contributed by atoms with van der Waals surface area (Å²) in [6, 6.07) is 8.36. The number of nitrogens with zero attached hydrogens (tertiary/aromatic N) is 1. The highest BCUT2D eigenvalue weighted by atomic mass is 79.9. The Morgan fingerprint density at radius 2 is 2.06 bits per heavy atom. The normalized spacial score (nSPS) is 20.5. The maximum absolute atomic E-state index is 11.8. The van der Waals surface area contributed by atoms with Crippen LogP contribution in [-0.2, 0) is 17.8 Å². The first-order chi connectivity index (χ1) is 7.72. The van der Waals surface area contributed by atoms with Gasteiger partial charge in [-0.3, -0.25) is 4.79 Å². The highest BCUT2D eigenvalue weighted by Gasteiger charge is 2.29. The fourth-order valence-electron chi connectivity index (χ4n) is 2.12. The van der Waals surface area contributed by atoms with E-state index in [4.69, 9.17) is 0 Å². The van der Waals surface area contributed by atoms with Crippen molar-refractivity contribution in [3.05, 3.63) is 35.4 Å². The molecule has 0 bridgehead atoms. The Bertz CT molecular complexity index is 391. The van der Waals surface area contributed by atoms with E-state index in [1.54, 1.807) is 0 Å². The van der Waals surface area contributed by atoms with Crippen LogP contribution in [-0.4, -0.2) is 22.2 Å². The Balaban J connectivity index is 2.12. The Kier molecular flexibility index (Phi) is 3.64. The van der Waals surface area contributed by atoms with Crippen LogP contribution in [0.4, 0.5) is 0 Å². The molecular weight excluding hydrogens is 266 g/mol. The van der Waals surface area contributed by atoms with Crippen LogP contribution < -0.4 is 0 Å². The minimum absolute atomic E-state index is 0.0290. The molecule has 0 aromatic heterocycles. The topological polar surface area (TPSA) is 20.3 Å². The molecule has 1 amide bonds. The molecule has 1 atom stereocenters. The molecule has 3 heteroatoms. The molecule has 86 valence electrons. The molecule has 1 saturated heterocycles. The number of benzene rings is 1. The van der Waals surface area contributed by atoms with E-state index in [2.05, 4.69) is 41.1 Å². The summed E-state index contributed by atoms with van der Waals surface area (Å²) in [5.74, 6) is 0.228. The highest BCUT2D eigenvalue weighted by Crippen LogP contribution is 2.21. The predicted octanol–water partition coefficient (Wildman–Crippen LogP) is 2.74. The van der Waals surface area contributed by atoms with Crippen LogP contribution in [0.1, 0.15) is 24.5 Å². The van der Waals surface area contributed by atoms with Crippen molar-refractivity contribution in [3.63, 3.8) is 0 Å². The van der Waals surface area contributed by atoms with Crippen molar-refractivity contribution in [2.75, 3.05) is 6.54 Å². The molecular formula is C13H16BrNO. The van der Waals surface area contributed by atoms with Crippen LogP contribution in [0.15, 0.2) is 24.3 Å². The Morgan fingerprint density at radius 1 is 1.38 bits per heavy atom. The van der Waals surface area contributed by atoms with Crippen molar-refractivity contribution in [1.29, 1.82) is 0 Å². The maximum atomic E-state index is 11.8. The molecule has 2 rings (SSSR count). The Hall–Kier alpha value is -0.830. The van der Waals surface area contributed by atoms with Crippen molar-refractivity contribution < 1.29 is 4.79 Å². The van der Waals surface area contributed by atoms with E-state index in [1.807, 2.05) is 11.0 Å². The minimum atomic E-state index is 0.0290. The summed E-state index contributed by atoms with van der Waals surface area (Å²) >= 11 is 3.40. The van der Waals surface area contributed by atoms with Crippen molar-refractivity contribution in [2.24, 2.45) is 0 Å². The fourth-order valence-corrected chi connectivity index (χ4v) is 2.61. The first kappa shape index (κ1) is 11.6. The van der Waals surface area contributed by atoms with E-state index < -0.39 is 0 Å². The van der Waals surface area contributed by atoms with Crippen molar-refractivity contribution >= 4 is 21.8 Å². The summed E-state index contributed by atoms with van der Waals surface area (Å²) in [7, 11) is 0. The molecule has 1 aliphatic heterocycles. The second-order valence-electron chi connectivity index (χ2n) is 4.14. The summed E-state index contributed by atoms with van der Waals surface area (Å²) < 4.78 is 0. The third-order valence-electron chi connectivity index (χ3n) is 3.09. The maximum Gasteiger partial charge on any atom is 0.236 e. The third-order valence-corrected chi connectivity index (χ3v) is 3.94. The monoisotopic (exact) mass is 281 g/mol. The zero-order valence-electron chi connectivity index (χ0n) is 9.45. The van der Waals surface area contributed by atoms with Crippen LogP contribution >= 0.6 is 15.9 Å². The number of rotatable bonds is 3. The molecule has 1 heterocycles. The number of likely N-dealkylation sites (tertiary alicyclic amines) is 1. The van der Waals surface area contributed by atoms with Crippen LogP contribution in [0.2, 0.25) is 0 Å². The van der Waals surface area contributed by atoms with Crippen molar-refractivity contribution in [1.82, 2.24) is 4.90 Å². The number of amides is 1. The molecule has 2 nitrogen and oxygen atoms in total. The van der Waals surface area contributed by atoms with E-state index in [0.29, 0.717) is 0 Å². The summed E-state index contributed by atoms with van der Waals surface area (Å²) in [5.41, 5.74) is 2.62. The predicted molar refractivity (Wildman–Crippen MR) is 68.6 cm³/mol. The number of carbonyl (C=O) groups excluding carboxylic acids is 1. The molecule has 0 saturated carbocycles. The minimum Gasteiger partial charge on any atom is -0.337 e. The van der Waals surface area contributed by atoms with Gasteiger partial charge in [0.05, 0.1) is 4.83 Å². The smallest absolute Gasteiger partial charge is 0.236 e. The lowest BCUT2D eigenvalue weighted by Gasteiger charge is -2.17. The van der Waals surface area contributed by atoms with Gasteiger partial charge in [-0.25, -0.2) is 0 Å². The molecule has 1 aliphatic rings. The average molecular weight is 282 g/mol. The van der Waals surface area contributed by atoms with Gasteiger partial charge in [0.25, 0.3) is 0 Å². The molecule has 0 aliphatic carbocycles. The van der Waals surface area contributed by atoms with E-state index in [-0.39, 0.29) is 10.7 Å². The standard InChI is InChI=1S/C13H16BrNO/c1-2-10-5-3-4-6-11(10)9-15-8-7-12(14)13(15)16/h3-6,12H,2,7-9H2,1H3. The molecule has 1 fully saturated rings. The number of alkyl halides is 1. The lowest BCUT2D eigenvalue weighted by molar-refractivity contribution is -0.127. The number of aryl methyl sites for hydroxylation is 1. The number of halogens is 1. The van der Waals surface area contributed by atoms with Crippen molar-refractivity contribution in [2.45, 2.75) is 31.1 Å². The van der Waals surface area contributed by atoms with Gasteiger partial charge in [0, 0.05) is 13.1 Å². The molecule has 16 heavy (non-hydrogen) atoms. The highest BCUT2D eigenvalue weighted by molar-refractivity contribution is 9.10. The summed E-state index contributed by atoms with van der Waals surface area (Å²) in [5, 5.41) is 0. The van der Waals surface area contributed by atoms with Crippen molar-refractivity contribution in [3.8, 4) is 0 Å². The number of hydrogen-bond donors (Lipinski definition) is 0. The third kappa shape index (κ3) is 2.29. The molecule has 1 unspecified atom stereocenters. The number of carbonyl (C=O) groups is 1. The number of hydrogen-bond acceptors (Lipinski definition) is 1. The lowest BCUT2D eigenvalue weighted by Crippen LogP contribution is -2.27. The first-order valence-corrected chi connectivity index (χ1v) is 6.63. The van der Waals surface area contributed by atoms with Crippen LogP contribution in [0.25, 0.3) is 0 Å². The molecule has 0 radical (unpaired) electrons. The molecule has 1 aromatic carbocycles. The van der Waals surface area contributed by atoms with Crippen LogP contribution in [0.5, 0.6) is 0 Å². The lowest BCUT2D eigenvalue weighted by atomic mass is 10.1. The van der Waals surface area contributed by atoms with Gasteiger partial charge in [-0.15, -0.1) is 0 Å². The van der Waals surface area contributed by atoms with E-state index in [0.717, 1.165) is 25.9 Å². The largest absolute Gasteiger partial charge is 0.337 e. The van der Waals surface area contributed by atoms with Crippen LogP contribution in [0.3, 0.4) is 0 Å². The first-order valence-electron chi connectivity index (χ1n) is 5.72. The summed E-state index contributed by atoms with van der Waals surface area (Å²) in [4.78, 5) is 13.8. The SMILES string of the molecule is CCc1ccccc1CN1CCC(Br)C1=O. The zero-order valence-corrected chi connectivity index (χ0v) is 11.0. The summed E-state index contributed by atoms with van der Waals surface area (Å²) in [6.07, 6.45) is 1.95. The van der Waals surface area contributed by atoms with Gasteiger partial charge in [-0.1, -0.05) is 47.1 Å². The van der Waals surface area contributed by atoms with Gasteiger partial charge in [-0.2, -0.15) is 0 Å². The fraction of sp³-hybridized carbons (Fsp3) is 0.462. The Labute approximate surface area is 105 Å². The van der Waals surface area contributed by atoms with Gasteiger partial charge in [0.1, 0.15) is 0 Å². The Morgan fingerprint density at radius 3 is 2.62 bits per heavy atom. The van der Waals surface area contributed by atoms with E-state index in [9.17, 15) is 4.79 Å². The summed E-state index contributed by atoms with van der Waals surface area (Å²) in [6.45, 7) is 3.77. The van der Waals surface area contributed by atoms with Gasteiger partial charge in [0.2, 0.25) is 5.91 Å². The quantitative estimate of drug-likeness (QED) is 0.781. The van der Waals surface area contributed by atoms with E-state index in [1.165, 1.54) is 11.1 Å². The van der Waals surface area contributed by atoms with Crippen LogP contribution in [0, 0.1) is 0 Å². The molecule has 0 spiro atoms. The molecule has 1 aromatic rings. The molecule has 0 N–H and O–H groups in total. The average Bonchev–Trinajstić information content (AvgIpc) is 2.62. The van der Waals surface area contributed by atoms with Gasteiger partial charge in [-0.05, 0) is 24.0 Å².